The van der Waals surface area contributed by atoms with Gasteiger partial charge < -0.3 is 10.6 Å². The molecular formula is C16H30N2. The van der Waals surface area contributed by atoms with Gasteiger partial charge >= 0.3 is 0 Å². The van der Waals surface area contributed by atoms with Crippen molar-refractivity contribution < 1.29 is 0 Å². The fraction of sp³-hybridized carbons (Fsp3) is 1.00. The highest BCUT2D eigenvalue weighted by Gasteiger charge is 2.39. The van der Waals surface area contributed by atoms with Crippen molar-refractivity contribution in [3.63, 3.8) is 0 Å². The van der Waals surface area contributed by atoms with Gasteiger partial charge in [-0.2, -0.15) is 0 Å². The monoisotopic (exact) mass is 250 g/mol. The molecule has 0 radical (unpaired) electrons. The number of likely N-dealkylation sites (tertiary alicyclic amines) is 1. The summed E-state index contributed by atoms with van der Waals surface area (Å²) in [6.07, 6.45) is 7.10. The first-order chi connectivity index (χ1) is 8.63. The van der Waals surface area contributed by atoms with Crippen LogP contribution in [0.1, 0.15) is 46.0 Å². The molecule has 6 atom stereocenters. The van der Waals surface area contributed by atoms with Crippen LogP contribution in [-0.4, -0.2) is 30.6 Å². The Balaban J connectivity index is 1.56. The molecule has 2 N–H and O–H groups in total. The van der Waals surface area contributed by atoms with Crippen LogP contribution >= 0.6 is 0 Å². The molecule has 0 spiro atoms. The van der Waals surface area contributed by atoms with Crippen molar-refractivity contribution >= 4 is 0 Å². The van der Waals surface area contributed by atoms with E-state index in [0.29, 0.717) is 6.04 Å². The van der Waals surface area contributed by atoms with Crippen LogP contribution in [0.25, 0.3) is 0 Å². The van der Waals surface area contributed by atoms with Gasteiger partial charge in [-0.15, -0.1) is 0 Å². The van der Waals surface area contributed by atoms with Crippen molar-refractivity contribution in [2.75, 3.05) is 19.6 Å². The van der Waals surface area contributed by atoms with E-state index in [2.05, 4.69) is 18.7 Å². The lowest BCUT2D eigenvalue weighted by Gasteiger charge is -2.39. The van der Waals surface area contributed by atoms with E-state index in [1.807, 2.05) is 0 Å². The van der Waals surface area contributed by atoms with Crippen molar-refractivity contribution in [2.45, 2.75) is 52.0 Å². The summed E-state index contributed by atoms with van der Waals surface area (Å²) in [5.74, 6) is 4.46. The molecule has 0 aromatic rings. The molecule has 2 nitrogen and oxygen atoms in total. The summed E-state index contributed by atoms with van der Waals surface area (Å²) in [5.41, 5.74) is 6.43. The first kappa shape index (κ1) is 12.9. The van der Waals surface area contributed by atoms with Gasteiger partial charge in [0.1, 0.15) is 0 Å². The summed E-state index contributed by atoms with van der Waals surface area (Å²) in [6.45, 7) is 8.82. The third kappa shape index (κ3) is 2.46. The molecule has 0 aromatic heterocycles. The van der Waals surface area contributed by atoms with Crippen molar-refractivity contribution in [3.05, 3.63) is 0 Å². The molecule has 6 unspecified atom stereocenters. The summed E-state index contributed by atoms with van der Waals surface area (Å²) in [4.78, 5) is 2.74. The van der Waals surface area contributed by atoms with Crippen molar-refractivity contribution in [1.82, 2.24) is 4.90 Å². The minimum Gasteiger partial charge on any atom is -0.327 e. The number of nitrogens with two attached hydrogens (primary N) is 1. The van der Waals surface area contributed by atoms with E-state index in [0.717, 1.165) is 29.6 Å². The Morgan fingerprint density at radius 2 is 1.72 bits per heavy atom. The Labute approximate surface area is 112 Å². The molecule has 2 aliphatic carbocycles. The smallest absolute Gasteiger partial charge is 0.00844 e. The van der Waals surface area contributed by atoms with E-state index in [9.17, 15) is 0 Å². The van der Waals surface area contributed by atoms with Gasteiger partial charge in [-0.25, -0.2) is 0 Å². The summed E-state index contributed by atoms with van der Waals surface area (Å²) < 4.78 is 0. The maximum atomic E-state index is 6.43. The van der Waals surface area contributed by atoms with Crippen LogP contribution in [0.4, 0.5) is 0 Å². The fourth-order valence-corrected chi connectivity index (χ4v) is 5.06. The predicted octanol–water partition coefficient (Wildman–Crippen LogP) is 2.73. The highest BCUT2D eigenvalue weighted by Crippen LogP contribution is 2.39. The number of hydrogen-bond acceptors (Lipinski definition) is 2. The molecule has 3 aliphatic rings. The van der Waals surface area contributed by atoms with Gasteiger partial charge in [-0.3, -0.25) is 0 Å². The molecule has 0 amide bonds. The lowest BCUT2D eigenvalue weighted by Crippen LogP contribution is -2.46. The second-order valence-corrected chi connectivity index (χ2v) is 7.55. The topological polar surface area (TPSA) is 29.3 Å². The molecule has 18 heavy (non-hydrogen) atoms. The van der Waals surface area contributed by atoms with Crippen LogP contribution < -0.4 is 5.73 Å². The molecule has 3 fully saturated rings. The van der Waals surface area contributed by atoms with E-state index < -0.39 is 0 Å². The molecule has 3 rings (SSSR count). The predicted molar refractivity (Wildman–Crippen MR) is 76.3 cm³/mol. The molecule has 2 heteroatoms. The van der Waals surface area contributed by atoms with Crippen LogP contribution in [0.3, 0.4) is 0 Å². The lowest BCUT2D eigenvalue weighted by atomic mass is 9.72. The van der Waals surface area contributed by atoms with Gasteiger partial charge in [0.2, 0.25) is 0 Å². The van der Waals surface area contributed by atoms with Gasteiger partial charge in [0, 0.05) is 25.7 Å². The second kappa shape index (κ2) is 5.13. The van der Waals surface area contributed by atoms with E-state index in [4.69, 9.17) is 5.73 Å². The van der Waals surface area contributed by atoms with Gasteiger partial charge in [-0.05, 0) is 55.3 Å². The number of nitrogens with zero attached hydrogens (tertiary/aromatic N) is 1. The normalized spacial score (nSPS) is 49.5. The molecule has 104 valence electrons. The second-order valence-electron chi connectivity index (χ2n) is 7.55. The zero-order chi connectivity index (χ0) is 12.7. The van der Waals surface area contributed by atoms with Gasteiger partial charge in [-0.1, -0.05) is 20.3 Å². The maximum absolute atomic E-state index is 6.43. The minimum atomic E-state index is 0.448. The summed E-state index contributed by atoms with van der Waals surface area (Å²) >= 11 is 0. The van der Waals surface area contributed by atoms with Crippen LogP contribution in [0, 0.1) is 29.6 Å². The average Bonchev–Trinajstić information content (AvgIpc) is 2.83. The van der Waals surface area contributed by atoms with Crippen LogP contribution in [0.5, 0.6) is 0 Å². The average molecular weight is 250 g/mol. The highest BCUT2D eigenvalue weighted by molar-refractivity contribution is 4.92. The van der Waals surface area contributed by atoms with Crippen molar-refractivity contribution in [2.24, 2.45) is 35.3 Å². The minimum absolute atomic E-state index is 0.448. The van der Waals surface area contributed by atoms with E-state index in [1.165, 1.54) is 51.7 Å². The molecule has 1 heterocycles. The number of hydrogen-bond donors (Lipinski definition) is 1. The third-order valence-electron chi connectivity index (χ3n) is 6.00. The summed E-state index contributed by atoms with van der Waals surface area (Å²) in [5, 5.41) is 0. The number of rotatable bonds is 2. The highest BCUT2D eigenvalue weighted by atomic mass is 15.2. The van der Waals surface area contributed by atoms with E-state index in [1.54, 1.807) is 0 Å². The fourth-order valence-electron chi connectivity index (χ4n) is 5.06. The van der Waals surface area contributed by atoms with E-state index >= 15 is 0 Å². The Bertz CT molecular complexity index is 267. The standard InChI is InChI=1S/C16H30N2/c1-11-6-12(2)15(16(17)7-11)10-18-8-13-4-3-5-14(13)9-18/h11-16H,3-10,17H2,1-2H3. The molecule has 2 saturated carbocycles. The third-order valence-corrected chi connectivity index (χ3v) is 6.00. The number of fused-ring (bicyclic) bond motifs is 1. The Kier molecular flexibility index (Phi) is 3.68. The Morgan fingerprint density at radius 3 is 2.33 bits per heavy atom. The van der Waals surface area contributed by atoms with Gasteiger partial charge in [0.15, 0.2) is 0 Å². The quantitative estimate of drug-likeness (QED) is 0.816. The maximum Gasteiger partial charge on any atom is 0.00844 e. The molecule has 0 aromatic carbocycles. The van der Waals surface area contributed by atoms with Gasteiger partial charge in [0.05, 0.1) is 0 Å². The van der Waals surface area contributed by atoms with Gasteiger partial charge in [0.25, 0.3) is 0 Å². The summed E-state index contributed by atoms with van der Waals surface area (Å²) in [6, 6.07) is 0.448. The SMILES string of the molecule is CC1CC(C)C(CN2CC3CCCC3C2)C(N)C1. The lowest BCUT2D eigenvalue weighted by molar-refractivity contribution is 0.125. The van der Waals surface area contributed by atoms with Crippen molar-refractivity contribution in [1.29, 1.82) is 0 Å². The Hall–Kier alpha value is -0.0800. The largest absolute Gasteiger partial charge is 0.327 e. The zero-order valence-corrected chi connectivity index (χ0v) is 12.1. The zero-order valence-electron chi connectivity index (χ0n) is 12.1. The molecule has 1 aliphatic heterocycles. The first-order valence-electron chi connectivity index (χ1n) is 8.11. The van der Waals surface area contributed by atoms with Crippen LogP contribution in [0.15, 0.2) is 0 Å². The van der Waals surface area contributed by atoms with Crippen LogP contribution in [0.2, 0.25) is 0 Å². The van der Waals surface area contributed by atoms with Crippen LogP contribution in [-0.2, 0) is 0 Å². The Morgan fingerprint density at radius 1 is 1.06 bits per heavy atom. The first-order valence-corrected chi connectivity index (χ1v) is 8.11. The van der Waals surface area contributed by atoms with Crippen molar-refractivity contribution in [3.8, 4) is 0 Å². The molecule has 0 bridgehead atoms. The van der Waals surface area contributed by atoms with E-state index in [-0.39, 0.29) is 0 Å². The summed E-state index contributed by atoms with van der Waals surface area (Å²) in [7, 11) is 0. The molecule has 1 saturated heterocycles. The molecular weight excluding hydrogens is 220 g/mol.